The lowest BCUT2D eigenvalue weighted by Gasteiger charge is -2.33. The van der Waals surface area contributed by atoms with E-state index < -0.39 is 17.9 Å². The molecule has 2 heterocycles. The van der Waals surface area contributed by atoms with E-state index in [1.807, 2.05) is 4.90 Å². The molecule has 1 fully saturated rings. The number of halogens is 2. The minimum Gasteiger partial charge on any atom is -0.368 e. The summed E-state index contributed by atoms with van der Waals surface area (Å²) in [7, 11) is 0. The molecule has 4 N–H and O–H groups in total. The topological polar surface area (TPSA) is 96.2 Å². The molecule has 0 radical (unpaired) electrons. The summed E-state index contributed by atoms with van der Waals surface area (Å²) in [5.41, 5.74) is 5.93. The van der Waals surface area contributed by atoms with Crippen LogP contribution >= 0.6 is 0 Å². The second-order valence-electron chi connectivity index (χ2n) is 6.17. The van der Waals surface area contributed by atoms with E-state index >= 15 is 0 Å². The van der Waals surface area contributed by atoms with Crippen LogP contribution in [-0.2, 0) is 10.7 Å². The molecule has 3 rings (SSSR count). The minimum absolute atomic E-state index is 0.0613. The number of primary amides is 1. The molecule has 0 spiro atoms. The maximum Gasteiger partial charge on any atom is 0.270 e. The van der Waals surface area contributed by atoms with Crippen LogP contribution in [0.4, 0.5) is 26.1 Å². The number of benzene rings is 1. The molecule has 0 bridgehead atoms. The van der Waals surface area contributed by atoms with E-state index in [1.165, 1.54) is 18.3 Å². The molecule has 1 amide bonds. The average Bonchev–Trinajstić information content (AvgIpc) is 2.62. The number of anilines is 3. The van der Waals surface area contributed by atoms with E-state index in [0.717, 1.165) is 6.92 Å². The van der Waals surface area contributed by atoms with Crippen LogP contribution < -0.4 is 21.3 Å². The molecular formula is C17H20F2N6O. The standard InChI is InChI=1S/C17H20F2N6O/c1-17(18,19)11-2-4-12(5-3-11)24-15-16(23-7-6-22-15)25-9-8-21-13(10-25)14(20)26/h2-7,13,21H,8-10H2,1H3,(H2,20,26)(H,22,24)/t13-/m1/s1. The maximum atomic E-state index is 13.3. The average molecular weight is 362 g/mol. The van der Waals surface area contributed by atoms with Gasteiger partial charge in [0.15, 0.2) is 11.6 Å². The first kappa shape index (κ1) is 18.0. The molecule has 26 heavy (non-hydrogen) atoms. The zero-order chi connectivity index (χ0) is 18.7. The van der Waals surface area contributed by atoms with Crippen molar-refractivity contribution in [2.45, 2.75) is 18.9 Å². The van der Waals surface area contributed by atoms with Gasteiger partial charge in [-0.15, -0.1) is 0 Å². The Morgan fingerprint density at radius 2 is 2.00 bits per heavy atom. The molecule has 7 nitrogen and oxygen atoms in total. The van der Waals surface area contributed by atoms with Gasteiger partial charge in [0.1, 0.15) is 6.04 Å². The van der Waals surface area contributed by atoms with Gasteiger partial charge in [-0.3, -0.25) is 4.79 Å². The van der Waals surface area contributed by atoms with Gasteiger partial charge in [-0.2, -0.15) is 0 Å². The third-order valence-electron chi connectivity index (χ3n) is 4.15. The summed E-state index contributed by atoms with van der Waals surface area (Å²) >= 11 is 0. The predicted octanol–water partition coefficient (Wildman–Crippen LogP) is 1.60. The zero-order valence-electron chi connectivity index (χ0n) is 14.2. The number of nitrogens with zero attached hydrogens (tertiary/aromatic N) is 3. The van der Waals surface area contributed by atoms with Gasteiger partial charge in [0.2, 0.25) is 5.91 Å². The van der Waals surface area contributed by atoms with Crippen molar-refractivity contribution in [1.82, 2.24) is 15.3 Å². The number of nitrogens with one attached hydrogen (secondary N) is 2. The quantitative estimate of drug-likeness (QED) is 0.748. The predicted molar refractivity (Wildman–Crippen MR) is 94.5 cm³/mol. The Morgan fingerprint density at radius 3 is 2.65 bits per heavy atom. The number of alkyl halides is 2. The van der Waals surface area contributed by atoms with Gasteiger partial charge in [0.25, 0.3) is 5.92 Å². The number of rotatable bonds is 5. The van der Waals surface area contributed by atoms with Crippen LogP contribution in [0.2, 0.25) is 0 Å². The number of hydrogen-bond acceptors (Lipinski definition) is 6. The summed E-state index contributed by atoms with van der Waals surface area (Å²) in [6.07, 6.45) is 3.09. The number of carbonyl (C=O) groups excluding carboxylic acids is 1. The zero-order valence-corrected chi connectivity index (χ0v) is 14.2. The van der Waals surface area contributed by atoms with Crippen molar-refractivity contribution in [3.63, 3.8) is 0 Å². The van der Waals surface area contributed by atoms with E-state index in [0.29, 0.717) is 37.0 Å². The Labute approximate surface area is 149 Å². The molecule has 2 aromatic rings. The highest BCUT2D eigenvalue weighted by molar-refractivity contribution is 5.81. The summed E-state index contributed by atoms with van der Waals surface area (Å²) in [5.74, 6) is -2.26. The van der Waals surface area contributed by atoms with Crippen LogP contribution in [0, 0.1) is 0 Å². The number of amides is 1. The van der Waals surface area contributed by atoms with Crippen molar-refractivity contribution in [1.29, 1.82) is 0 Å². The Balaban J connectivity index is 1.80. The van der Waals surface area contributed by atoms with Crippen LogP contribution in [0.3, 0.4) is 0 Å². The summed E-state index contributed by atoms with van der Waals surface area (Å²) in [6, 6.07) is 5.40. The fraction of sp³-hybridized carbons (Fsp3) is 0.353. The normalized spacial score (nSPS) is 17.8. The highest BCUT2D eigenvalue weighted by Gasteiger charge is 2.26. The fourth-order valence-electron chi connectivity index (χ4n) is 2.77. The van der Waals surface area contributed by atoms with Crippen molar-refractivity contribution >= 4 is 23.2 Å². The molecule has 138 valence electrons. The number of hydrogen-bond donors (Lipinski definition) is 3. The number of nitrogens with two attached hydrogens (primary N) is 1. The van der Waals surface area contributed by atoms with Crippen LogP contribution in [0.5, 0.6) is 0 Å². The lowest BCUT2D eigenvalue weighted by atomic mass is 10.1. The van der Waals surface area contributed by atoms with E-state index in [4.69, 9.17) is 5.73 Å². The van der Waals surface area contributed by atoms with Crippen LogP contribution in [0.15, 0.2) is 36.7 Å². The van der Waals surface area contributed by atoms with Gasteiger partial charge in [0.05, 0.1) is 0 Å². The van der Waals surface area contributed by atoms with Gasteiger partial charge in [-0.05, 0) is 12.1 Å². The largest absolute Gasteiger partial charge is 0.368 e. The molecule has 0 unspecified atom stereocenters. The summed E-state index contributed by atoms with van der Waals surface area (Å²) in [6.45, 7) is 2.46. The Bertz CT molecular complexity index is 778. The van der Waals surface area contributed by atoms with Crippen molar-refractivity contribution in [3.8, 4) is 0 Å². The molecule has 1 saturated heterocycles. The summed E-state index contributed by atoms with van der Waals surface area (Å²) in [4.78, 5) is 22.0. The van der Waals surface area contributed by atoms with E-state index in [1.54, 1.807) is 18.3 Å². The van der Waals surface area contributed by atoms with Crippen molar-refractivity contribution in [2.24, 2.45) is 5.73 Å². The first-order chi connectivity index (χ1) is 12.3. The first-order valence-electron chi connectivity index (χ1n) is 8.18. The highest BCUT2D eigenvalue weighted by Crippen LogP contribution is 2.29. The Hall–Kier alpha value is -2.81. The van der Waals surface area contributed by atoms with Crippen LogP contribution in [0.25, 0.3) is 0 Å². The third-order valence-corrected chi connectivity index (χ3v) is 4.15. The molecule has 1 atom stereocenters. The van der Waals surface area contributed by atoms with Crippen molar-refractivity contribution in [2.75, 3.05) is 29.9 Å². The molecule has 0 saturated carbocycles. The lowest BCUT2D eigenvalue weighted by Crippen LogP contribution is -2.56. The third kappa shape index (κ3) is 4.05. The maximum absolute atomic E-state index is 13.3. The monoisotopic (exact) mass is 362 g/mol. The fourth-order valence-corrected chi connectivity index (χ4v) is 2.77. The van der Waals surface area contributed by atoms with Crippen LogP contribution in [-0.4, -0.2) is 41.6 Å². The first-order valence-corrected chi connectivity index (χ1v) is 8.18. The van der Waals surface area contributed by atoms with Gasteiger partial charge < -0.3 is 21.3 Å². The molecule has 9 heteroatoms. The molecular weight excluding hydrogens is 342 g/mol. The van der Waals surface area contributed by atoms with Gasteiger partial charge in [-0.25, -0.2) is 18.7 Å². The molecule has 1 aromatic carbocycles. The Kier molecular flexibility index (Phi) is 4.99. The second-order valence-corrected chi connectivity index (χ2v) is 6.17. The second kappa shape index (κ2) is 7.20. The Morgan fingerprint density at radius 1 is 1.31 bits per heavy atom. The minimum atomic E-state index is -2.89. The molecule has 1 aliphatic heterocycles. The highest BCUT2D eigenvalue weighted by atomic mass is 19.3. The molecule has 1 aromatic heterocycles. The van der Waals surface area contributed by atoms with E-state index in [9.17, 15) is 13.6 Å². The van der Waals surface area contributed by atoms with Gasteiger partial charge in [-0.1, -0.05) is 12.1 Å². The smallest absolute Gasteiger partial charge is 0.270 e. The van der Waals surface area contributed by atoms with Crippen molar-refractivity contribution < 1.29 is 13.6 Å². The van der Waals surface area contributed by atoms with E-state index in [2.05, 4.69) is 20.6 Å². The van der Waals surface area contributed by atoms with Crippen LogP contribution in [0.1, 0.15) is 12.5 Å². The molecule has 1 aliphatic rings. The number of piperazine rings is 1. The van der Waals surface area contributed by atoms with E-state index in [-0.39, 0.29) is 5.56 Å². The molecule has 0 aliphatic carbocycles. The number of carbonyl (C=O) groups is 1. The summed E-state index contributed by atoms with van der Waals surface area (Å²) in [5, 5.41) is 6.15. The summed E-state index contributed by atoms with van der Waals surface area (Å²) < 4.78 is 26.7. The van der Waals surface area contributed by atoms with Crippen molar-refractivity contribution in [3.05, 3.63) is 42.2 Å². The lowest BCUT2D eigenvalue weighted by molar-refractivity contribution is -0.120. The van der Waals surface area contributed by atoms with Gasteiger partial charge in [0, 0.05) is 50.2 Å². The number of aromatic nitrogens is 2. The van der Waals surface area contributed by atoms with Gasteiger partial charge >= 0.3 is 0 Å². The SMILES string of the molecule is CC(F)(F)c1ccc(Nc2nccnc2N2CCN[C@@H](C(N)=O)C2)cc1.